The summed E-state index contributed by atoms with van der Waals surface area (Å²) in [5.74, 6) is 2.69. The number of carbonyl (C=O) groups excluding carboxylic acids is 1. The molecule has 1 fully saturated rings. The van der Waals surface area contributed by atoms with Crippen LogP contribution in [-0.4, -0.2) is 70.5 Å². The summed E-state index contributed by atoms with van der Waals surface area (Å²) in [6, 6.07) is 20.6. The Hall–Kier alpha value is -4.17. The molecule has 1 saturated heterocycles. The molecule has 3 aromatic carbocycles. The molecule has 8 nitrogen and oxygen atoms in total. The van der Waals surface area contributed by atoms with Crippen molar-refractivity contribution in [3.63, 3.8) is 0 Å². The third-order valence-corrected chi connectivity index (χ3v) is 8.65. The monoisotopic (exact) mass is 564 g/mol. The first kappa shape index (κ1) is 28.0. The number of benzene rings is 3. The lowest BCUT2D eigenvalue weighted by Gasteiger charge is -2.34. The molecule has 0 atom stereocenters. The van der Waals surface area contributed by atoms with Gasteiger partial charge in [0.15, 0.2) is 0 Å². The molecule has 0 bridgehead atoms. The van der Waals surface area contributed by atoms with E-state index in [2.05, 4.69) is 64.1 Å². The van der Waals surface area contributed by atoms with E-state index in [0.717, 1.165) is 83.2 Å². The predicted molar refractivity (Wildman–Crippen MR) is 170 cm³/mol. The van der Waals surface area contributed by atoms with E-state index in [1.807, 2.05) is 44.2 Å². The number of Topliss-reactive ketones (excluding diaryl/α,β-unsaturated/α-hetero) is 1. The van der Waals surface area contributed by atoms with E-state index in [-0.39, 0.29) is 5.41 Å². The van der Waals surface area contributed by atoms with Crippen molar-refractivity contribution in [2.45, 2.75) is 40.0 Å². The molecule has 0 unspecified atom stereocenters. The number of nitrogens with zero attached hydrogens (tertiary/aromatic N) is 4. The van der Waals surface area contributed by atoms with Crippen molar-refractivity contribution >= 4 is 33.5 Å². The highest BCUT2D eigenvalue weighted by Gasteiger charge is 2.24. The topological polar surface area (TPSA) is 90.1 Å². The molecule has 0 saturated carbocycles. The molecule has 2 aromatic heterocycles. The maximum absolute atomic E-state index is 12.4. The summed E-state index contributed by atoms with van der Waals surface area (Å²) < 4.78 is 5.99. The standard InChI is InChI=1S/C34H40N6O2/c1-5-34(2,3)31(41)10-7-19-42-26-9-6-8-23(20-26)32-35-27-13-11-24(21-29(27)37-32)33-36-28-14-12-25(22-30(28)38-33)40-17-15-39(4)16-18-40/h6,8-9,11-14,20-22H,5,7,10,15-19H2,1-4H3,(H,35,37)(H,36,38). The van der Waals surface area contributed by atoms with Gasteiger partial charge in [-0.3, -0.25) is 4.79 Å². The van der Waals surface area contributed by atoms with Crippen LogP contribution in [0.1, 0.15) is 40.0 Å². The first-order valence-electron chi connectivity index (χ1n) is 15.0. The number of hydrogen-bond donors (Lipinski definition) is 2. The lowest BCUT2D eigenvalue weighted by molar-refractivity contribution is -0.127. The normalized spacial score (nSPS) is 14.6. The molecule has 5 aromatic rings. The molecule has 1 aliphatic heterocycles. The van der Waals surface area contributed by atoms with E-state index in [1.165, 1.54) is 5.69 Å². The zero-order valence-corrected chi connectivity index (χ0v) is 25.0. The number of rotatable bonds is 10. The maximum atomic E-state index is 12.4. The van der Waals surface area contributed by atoms with Crippen molar-refractivity contribution in [2.75, 3.05) is 44.7 Å². The Morgan fingerprint density at radius 2 is 1.55 bits per heavy atom. The predicted octanol–water partition coefficient (Wildman–Crippen LogP) is 6.69. The smallest absolute Gasteiger partial charge is 0.138 e. The zero-order valence-electron chi connectivity index (χ0n) is 25.0. The number of carbonyl (C=O) groups is 1. The van der Waals surface area contributed by atoms with Gasteiger partial charge in [-0.1, -0.05) is 32.9 Å². The minimum absolute atomic E-state index is 0.264. The second kappa shape index (κ2) is 11.6. The first-order chi connectivity index (χ1) is 20.3. The summed E-state index contributed by atoms with van der Waals surface area (Å²) in [5.41, 5.74) is 6.78. The minimum Gasteiger partial charge on any atom is -0.494 e. The van der Waals surface area contributed by atoms with Crippen LogP contribution in [0.2, 0.25) is 0 Å². The highest BCUT2D eigenvalue weighted by atomic mass is 16.5. The average Bonchev–Trinajstić information content (AvgIpc) is 3.63. The van der Waals surface area contributed by atoms with Crippen LogP contribution >= 0.6 is 0 Å². The summed E-state index contributed by atoms with van der Waals surface area (Å²) >= 11 is 0. The molecule has 2 N–H and O–H groups in total. The number of fused-ring (bicyclic) bond motifs is 2. The van der Waals surface area contributed by atoms with Gasteiger partial charge in [-0.15, -0.1) is 0 Å². The average molecular weight is 565 g/mol. The van der Waals surface area contributed by atoms with Gasteiger partial charge < -0.3 is 24.5 Å². The van der Waals surface area contributed by atoms with Crippen LogP contribution in [0, 0.1) is 5.41 Å². The van der Waals surface area contributed by atoms with E-state index < -0.39 is 0 Å². The minimum atomic E-state index is -0.264. The zero-order chi connectivity index (χ0) is 29.3. The van der Waals surface area contributed by atoms with E-state index >= 15 is 0 Å². The van der Waals surface area contributed by atoms with Gasteiger partial charge in [-0.2, -0.15) is 0 Å². The van der Waals surface area contributed by atoms with Crippen molar-refractivity contribution in [3.8, 4) is 28.5 Å². The summed E-state index contributed by atoms with van der Waals surface area (Å²) in [4.78, 5) is 33.9. The van der Waals surface area contributed by atoms with Gasteiger partial charge in [0, 0.05) is 54.8 Å². The first-order valence-corrected chi connectivity index (χ1v) is 15.0. The van der Waals surface area contributed by atoms with E-state index in [9.17, 15) is 4.79 Å². The van der Waals surface area contributed by atoms with Crippen LogP contribution in [-0.2, 0) is 4.79 Å². The number of aromatic amines is 2. The molecule has 8 heteroatoms. The molecule has 3 heterocycles. The fraction of sp³-hybridized carbons (Fsp3) is 0.382. The van der Waals surface area contributed by atoms with Crippen molar-refractivity contribution in [2.24, 2.45) is 5.41 Å². The highest BCUT2D eigenvalue weighted by molar-refractivity contribution is 5.87. The van der Waals surface area contributed by atoms with Crippen LogP contribution in [0.15, 0.2) is 60.7 Å². The number of anilines is 1. The summed E-state index contributed by atoms with van der Waals surface area (Å²) in [6.45, 7) is 10.8. The fourth-order valence-corrected chi connectivity index (χ4v) is 5.38. The molecular weight excluding hydrogens is 524 g/mol. The Morgan fingerprint density at radius 1 is 0.881 bits per heavy atom. The lowest BCUT2D eigenvalue weighted by atomic mass is 9.83. The SMILES string of the molecule is CCC(C)(C)C(=O)CCCOc1cccc(-c2nc3ccc(-c4nc5ccc(N6CCN(C)CC6)cc5[nH]4)cc3[nH]2)c1. The Bertz CT molecular complexity index is 1710. The number of ether oxygens (including phenoxy) is 1. The Kier molecular flexibility index (Phi) is 7.73. The van der Waals surface area contributed by atoms with Crippen LogP contribution < -0.4 is 9.64 Å². The molecule has 0 aliphatic carbocycles. The van der Waals surface area contributed by atoms with Gasteiger partial charge >= 0.3 is 0 Å². The molecule has 0 spiro atoms. The van der Waals surface area contributed by atoms with Crippen LogP contribution in [0.3, 0.4) is 0 Å². The number of hydrogen-bond acceptors (Lipinski definition) is 6. The second-order valence-electron chi connectivity index (χ2n) is 12.0. The van der Waals surface area contributed by atoms with Gasteiger partial charge in [-0.25, -0.2) is 9.97 Å². The molecule has 218 valence electrons. The largest absolute Gasteiger partial charge is 0.494 e. The lowest BCUT2D eigenvalue weighted by Crippen LogP contribution is -2.44. The number of likely N-dealkylation sites (N-methyl/N-ethyl adjacent to an activating group) is 1. The third-order valence-electron chi connectivity index (χ3n) is 8.65. The van der Waals surface area contributed by atoms with E-state index in [1.54, 1.807) is 0 Å². The number of piperazine rings is 1. The number of ketones is 1. The van der Waals surface area contributed by atoms with Crippen LogP contribution in [0.25, 0.3) is 44.8 Å². The van der Waals surface area contributed by atoms with Crippen molar-refractivity contribution in [3.05, 3.63) is 60.7 Å². The van der Waals surface area contributed by atoms with E-state index in [4.69, 9.17) is 14.7 Å². The number of imidazole rings is 2. The maximum Gasteiger partial charge on any atom is 0.138 e. The summed E-state index contributed by atoms with van der Waals surface area (Å²) in [5, 5.41) is 0. The molecule has 1 aliphatic rings. The molecular formula is C34H40N6O2. The van der Waals surface area contributed by atoms with Gasteiger partial charge in [0.05, 0.1) is 28.7 Å². The Labute approximate surface area is 247 Å². The fourth-order valence-electron chi connectivity index (χ4n) is 5.38. The van der Waals surface area contributed by atoms with Crippen molar-refractivity contribution in [1.29, 1.82) is 0 Å². The summed E-state index contributed by atoms with van der Waals surface area (Å²) in [7, 11) is 2.18. The summed E-state index contributed by atoms with van der Waals surface area (Å²) in [6.07, 6.45) is 2.10. The Balaban J connectivity index is 1.15. The number of H-pyrrole nitrogens is 2. The van der Waals surface area contributed by atoms with Gasteiger partial charge in [-0.05, 0) is 68.4 Å². The van der Waals surface area contributed by atoms with Gasteiger partial charge in [0.1, 0.15) is 23.2 Å². The molecule has 0 radical (unpaired) electrons. The second-order valence-corrected chi connectivity index (χ2v) is 12.0. The van der Waals surface area contributed by atoms with Gasteiger partial charge in [0.25, 0.3) is 0 Å². The van der Waals surface area contributed by atoms with E-state index in [0.29, 0.717) is 25.2 Å². The number of nitrogens with one attached hydrogen (secondary N) is 2. The third kappa shape index (κ3) is 5.90. The van der Waals surface area contributed by atoms with Gasteiger partial charge in [0.2, 0.25) is 0 Å². The Morgan fingerprint density at radius 3 is 2.26 bits per heavy atom. The van der Waals surface area contributed by atoms with Crippen molar-refractivity contribution in [1.82, 2.24) is 24.8 Å². The van der Waals surface area contributed by atoms with Crippen LogP contribution in [0.5, 0.6) is 5.75 Å². The molecule has 0 amide bonds. The highest BCUT2D eigenvalue weighted by Crippen LogP contribution is 2.29. The molecule has 42 heavy (non-hydrogen) atoms. The van der Waals surface area contributed by atoms with Crippen LogP contribution in [0.4, 0.5) is 5.69 Å². The van der Waals surface area contributed by atoms with Crippen molar-refractivity contribution < 1.29 is 9.53 Å². The number of aromatic nitrogens is 4. The molecule has 6 rings (SSSR count). The quantitative estimate of drug-likeness (QED) is 0.184.